The summed E-state index contributed by atoms with van der Waals surface area (Å²) in [5.74, 6) is 0.577. The summed E-state index contributed by atoms with van der Waals surface area (Å²) in [5.41, 5.74) is 4.35. The number of nitrogens with zero attached hydrogens (tertiary/aromatic N) is 2. The molecule has 0 fully saturated rings. The summed E-state index contributed by atoms with van der Waals surface area (Å²) < 4.78 is 0. The maximum Gasteiger partial charge on any atom is 0.323 e. The predicted molar refractivity (Wildman–Crippen MR) is 111 cm³/mol. The number of H-pyrrole nitrogens is 2. The zero-order chi connectivity index (χ0) is 18.9. The van der Waals surface area contributed by atoms with Crippen LogP contribution >= 0.6 is 0 Å². The molecule has 0 aliphatic carbocycles. The average molecular weight is 367 g/mol. The summed E-state index contributed by atoms with van der Waals surface area (Å²) in [4.78, 5) is 25.7. The van der Waals surface area contributed by atoms with E-state index in [9.17, 15) is 4.79 Å². The van der Waals surface area contributed by atoms with E-state index in [1.54, 1.807) is 12.4 Å². The van der Waals surface area contributed by atoms with E-state index in [0.717, 1.165) is 22.2 Å². The molecule has 0 amide bonds. The molecule has 0 bridgehead atoms. The van der Waals surface area contributed by atoms with Gasteiger partial charge in [-0.25, -0.2) is 14.8 Å². The van der Waals surface area contributed by atoms with Crippen molar-refractivity contribution in [2.75, 3.05) is 5.32 Å². The van der Waals surface area contributed by atoms with Crippen molar-refractivity contribution in [3.63, 3.8) is 0 Å². The number of benzene rings is 3. The van der Waals surface area contributed by atoms with Gasteiger partial charge in [0, 0.05) is 24.5 Å². The lowest BCUT2D eigenvalue weighted by molar-refractivity contribution is 1.06. The van der Waals surface area contributed by atoms with E-state index in [1.165, 1.54) is 16.3 Å². The minimum atomic E-state index is -0.211. The molecule has 0 unspecified atom stereocenters. The van der Waals surface area contributed by atoms with Crippen molar-refractivity contribution >= 4 is 27.8 Å². The minimum Gasteiger partial charge on any atom is -0.350 e. The number of fused-ring (bicyclic) bond motifs is 2. The molecule has 6 nitrogen and oxygen atoms in total. The van der Waals surface area contributed by atoms with Gasteiger partial charge in [-0.2, -0.15) is 0 Å². The van der Waals surface area contributed by atoms with Crippen LogP contribution in [0, 0.1) is 0 Å². The fourth-order valence-electron chi connectivity index (χ4n) is 3.31. The van der Waals surface area contributed by atoms with Crippen molar-refractivity contribution in [1.82, 2.24) is 19.9 Å². The fraction of sp³-hybridized carbons (Fsp3) is 0.0455. The number of nitrogens with one attached hydrogen (secondary N) is 3. The molecular weight excluding hydrogens is 350 g/mol. The quantitative estimate of drug-likeness (QED) is 0.447. The predicted octanol–water partition coefficient (Wildman–Crippen LogP) is 4.08. The average Bonchev–Trinajstić information content (AvgIpc) is 3.11. The first-order valence-corrected chi connectivity index (χ1v) is 9.01. The molecular formula is C22H17N5O. The summed E-state index contributed by atoms with van der Waals surface area (Å²) in [7, 11) is 0. The number of aromatic amines is 2. The van der Waals surface area contributed by atoms with E-state index in [-0.39, 0.29) is 5.69 Å². The van der Waals surface area contributed by atoms with Crippen LogP contribution in [0.5, 0.6) is 0 Å². The SMILES string of the molecule is O=c1[nH]c2ccc(-c3cnc(NCc4ccc5ccccc5c4)nc3)cc2[nH]1. The number of imidazole rings is 1. The Kier molecular flexibility index (Phi) is 3.87. The first kappa shape index (κ1) is 16.3. The molecule has 6 heteroatoms. The Labute approximate surface area is 160 Å². The van der Waals surface area contributed by atoms with Crippen LogP contribution in [-0.2, 0) is 6.54 Å². The maximum absolute atomic E-state index is 11.4. The Morgan fingerprint density at radius 1 is 0.786 bits per heavy atom. The second-order valence-electron chi connectivity index (χ2n) is 6.67. The van der Waals surface area contributed by atoms with Crippen LogP contribution in [0.3, 0.4) is 0 Å². The van der Waals surface area contributed by atoms with Crippen LogP contribution in [-0.4, -0.2) is 19.9 Å². The highest BCUT2D eigenvalue weighted by Crippen LogP contribution is 2.22. The van der Waals surface area contributed by atoms with Gasteiger partial charge in [0.1, 0.15) is 0 Å². The molecule has 3 N–H and O–H groups in total. The van der Waals surface area contributed by atoms with Crippen LogP contribution in [0.2, 0.25) is 0 Å². The van der Waals surface area contributed by atoms with E-state index in [1.807, 2.05) is 30.3 Å². The van der Waals surface area contributed by atoms with Gasteiger partial charge < -0.3 is 15.3 Å². The zero-order valence-corrected chi connectivity index (χ0v) is 14.9. The van der Waals surface area contributed by atoms with Gasteiger partial charge in [0.05, 0.1) is 11.0 Å². The molecule has 5 rings (SSSR count). The molecule has 3 aromatic carbocycles. The van der Waals surface area contributed by atoms with Gasteiger partial charge in [-0.15, -0.1) is 0 Å². The molecule has 0 saturated carbocycles. The van der Waals surface area contributed by atoms with E-state index in [2.05, 4.69) is 55.6 Å². The monoisotopic (exact) mass is 367 g/mol. The zero-order valence-electron chi connectivity index (χ0n) is 14.9. The van der Waals surface area contributed by atoms with Crippen LogP contribution in [0.25, 0.3) is 32.9 Å². The smallest absolute Gasteiger partial charge is 0.323 e. The molecule has 0 spiro atoms. The lowest BCUT2D eigenvalue weighted by Gasteiger charge is -2.07. The van der Waals surface area contributed by atoms with Crippen LogP contribution in [0.1, 0.15) is 5.56 Å². The number of aromatic nitrogens is 4. The Morgan fingerprint density at radius 2 is 1.57 bits per heavy atom. The van der Waals surface area contributed by atoms with Gasteiger partial charge in [-0.05, 0) is 40.1 Å². The molecule has 5 aromatic rings. The summed E-state index contributed by atoms with van der Waals surface area (Å²) in [5, 5.41) is 5.71. The van der Waals surface area contributed by atoms with Gasteiger partial charge in [-0.1, -0.05) is 42.5 Å². The third-order valence-corrected chi connectivity index (χ3v) is 4.77. The highest BCUT2D eigenvalue weighted by molar-refractivity contribution is 5.83. The van der Waals surface area contributed by atoms with E-state index in [4.69, 9.17) is 0 Å². The number of rotatable bonds is 4. The van der Waals surface area contributed by atoms with Crippen LogP contribution in [0.15, 0.2) is 77.9 Å². The van der Waals surface area contributed by atoms with Gasteiger partial charge >= 0.3 is 5.69 Å². The lowest BCUT2D eigenvalue weighted by atomic mass is 10.1. The summed E-state index contributed by atoms with van der Waals surface area (Å²) in [6.45, 7) is 0.653. The van der Waals surface area contributed by atoms with Crippen molar-refractivity contribution in [1.29, 1.82) is 0 Å². The highest BCUT2D eigenvalue weighted by atomic mass is 16.1. The Bertz CT molecular complexity index is 1330. The number of hydrogen-bond donors (Lipinski definition) is 3. The number of hydrogen-bond acceptors (Lipinski definition) is 4. The van der Waals surface area contributed by atoms with E-state index < -0.39 is 0 Å². The largest absolute Gasteiger partial charge is 0.350 e. The van der Waals surface area contributed by atoms with Gasteiger partial charge in [0.25, 0.3) is 0 Å². The standard InChI is InChI=1S/C22H17N5O/c28-22-26-19-8-7-17(10-20(19)27-22)18-12-24-21(25-13-18)23-11-14-5-6-15-3-1-2-4-16(15)9-14/h1-10,12-13H,11H2,(H,23,24,25)(H2,26,27,28). The van der Waals surface area contributed by atoms with Crippen molar-refractivity contribution in [2.24, 2.45) is 0 Å². The first-order chi connectivity index (χ1) is 13.7. The second-order valence-corrected chi connectivity index (χ2v) is 6.67. The summed E-state index contributed by atoms with van der Waals surface area (Å²) in [6, 6.07) is 20.4. The molecule has 2 aromatic heterocycles. The topological polar surface area (TPSA) is 86.5 Å². The van der Waals surface area contributed by atoms with Crippen LogP contribution < -0.4 is 11.0 Å². The normalized spacial score (nSPS) is 11.1. The van der Waals surface area contributed by atoms with Crippen molar-refractivity contribution in [3.8, 4) is 11.1 Å². The van der Waals surface area contributed by atoms with E-state index in [0.29, 0.717) is 12.5 Å². The van der Waals surface area contributed by atoms with Crippen LogP contribution in [0.4, 0.5) is 5.95 Å². The molecule has 28 heavy (non-hydrogen) atoms. The van der Waals surface area contributed by atoms with Gasteiger partial charge in [-0.3, -0.25) is 0 Å². The molecule has 0 saturated heterocycles. The third kappa shape index (κ3) is 3.12. The van der Waals surface area contributed by atoms with Gasteiger partial charge in [0.15, 0.2) is 0 Å². The molecule has 0 aliphatic heterocycles. The Balaban J connectivity index is 1.33. The molecule has 136 valence electrons. The molecule has 2 heterocycles. The van der Waals surface area contributed by atoms with E-state index >= 15 is 0 Å². The van der Waals surface area contributed by atoms with Crippen molar-refractivity contribution in [3.05, 3.63) is 89.1 Å². The second kappa shape index (κ2) is 6.66. The minimum absolute atomic E-state index is 0.211. The maximum atomic E-state index is 11.4. The summed E-state index contributed by atoms with van der Waals surface area (Å²) in [6.07, 6.45) is 3.56. The third-order valence-electron chi connectivity index (χ3n) is 4.77. The molecule has 0 aliphatic rings. The van der Waals surface area contributed by atoms with Crippen molar-refractivity contribution in [2.45, 2.75) is 6.54 Å². The fourth-order valence-corrected chi connectivity index (χ4v) is 3.31. The number of anilines is 1. The van der Waals surface area contributed by atoms with Gasteiger partial charge in [0.2, 0.25) is 5.95 Å². The lowest BCUT2D eigenvalue weighted by Crippen LogP contribution is -2.03. The molecule has 0 radical (unpaired) electrons. The van der Waals surface area contributed by atoms with Crippen molar-refractivity contribution < 1.29 is 0 Å². The Morgan fingerprint density at radius 3 is 2.43 bits per heavy atom. The Hall–Kier alpha value is -3.93. The first-order valence-electron chi connectivity index (χ1n) is 9.01. The highest BCUT2D eigenvalue weighted by Gasteiger charge is 2.04. The molecule has 0 atom stereocenters. The summed E-state index contributed by atoms with van der Waals surface area (Å²) >= 11 is 0.